The molecule has 0 aromatic heterocycles. The molecule has 1 aromatic carbocycles. The van der Waals surface area contributed by atoms with Crippen molar-refractivity contribution in [1.82, 2.24) is 10.6 Å². The van der Waals surface area contributed by atoms with E-state index in [1.165, 1.54) is 7.11 Å². The van der Waals surface area contributed by atoms with Crippen molar-refractivity contribution >= 4 is 35.9 Å². The van der Waals surface area contributed by atoms with E-state index >= 15 is 0 Å². The number of rotatable bonds is 12. The van der Waals surface area contributed by atoms with Crippen LogP contribution in [-0.2, 0) is 27.4 Å². The van der Waals surface area contributed by atoms with Crippen molar-refractivity contribution in [2.75, 3.05) is 26.8 Å². The summed E-state index contributed by atoms with van der Waals surface area (Å²) >= 11 is 0. The van der Waals surface area contributed by atoms with Gasteiger partial charge in [0.15, 0.2) is 5.96 Å². The van der Waals surface area contributed by atoms with Crippen LogP contribution in [0, 0.1) is 0 Å². The van der Waals surface area contributed by atoms with Gasteiger partial charge in [0.2, 0.25) is 0 Å². The first-order valence-corrected chi connectivity index (χ1v) is 9.65. The van der Waals surface area contributed by atoms with Crippen LogP contribution in [0.5, 0.6) is 0 Å². The lowest BCUT2D eigenvalue weighted by atomic mass is 10.1. The first-order valence-electron chi connectivity index (χ1n) is 9.65. The van der Waals surface area contributed by atoms with Crippen LogP contribution in [0.1, 0.15) is 43.7 Å². The molecule has 1 rings (SSSR count). The molecular formula is C20H31F3IN3O3. The zero-order valence-corrected chi connectivity index (χ0v) is 19.7. The molecule has 0 saturated carbocycles. The topological polar surface area (TPSA) is 72.0 Å². The molecule has 0 unspecified atom stereocenters. The predicted molar refractivity (Wildman–Crippen MR) is 121 cm³/mol. The van der Waals surface area contributed by atoms with Crippen molar-refractivity contribution in [3.05, 3.63) is 35.4 Å². The third-order valence-electron chi connectivity index (χ3n) is 3.90. The Balaban J connectivity index is 0.00000841. The molecule has 0 saturated heterocycles. The average molecular weight is 545 g/mol. The Morgan fingerprint density at radius 2 is 1.73 bits per heavy atom. The highest BCUT2D eigenvalue weighted by molar-refractivity contribution is 14.0. The van der Waals surface area contributed by atoms with Crippen molar-refractivity contribution in [3.8, 4) is 0 Å². The van der Waals surface area contributed by atoms with Crippen molar-refractivity contribution in [2.24, 2.45) is 4.99 Å². The summed E-state index contributed by atoms with van der Waals surface area (Å²) in [4.78, 5) is 15.6. The minimum absolute atomic E-state index is 0. The lowest BCUT2D eigenvalue weighted by Crippen LogP contribution is -2.37. The average Bonchev–Trinajstić information content (AvgIpc) is 2.68. The number of hydrogen-bond donors (Lipinski definition) is 2. The van der Waals surface area contributed by atoms with E-state index in [4.69, 9.17) is 0 Å². The molecule has 0 radical (unpaired) electrons. The number of nitrogens with zero attached hydrogens (tertiary/aromatic N) is 1. The SMILES string of the molecule is CCNC(=NCc1ccc(COCC(F)(F)F)cc1)NCCCCCC(=O)OC.I. The Kier molecular flexibility index (Phi) is 15.3. The number of halogens is 4. The predicted octanol–water partition coefficient (Wildman–Crippen LogP) is 4.17. The fourth-order valence-electron chi connectivity index (χ4n) is 2.42. The van der Waals surface area contributed by atoms with Gasteiger partial charge in [0.05, 0.1) is 20.3 Å². The zero-order chi connectivity index (χ0) is 21.5. The number of unbranched alkanes of at least 4 members (excludes halogenated alkanes) is 2. The Bertz CT molecular complexity index is 626. The molecule has 0 aliphatic carbocycles. The normalized spacial score (nSPS) is 11.6. The number of ether oxygens (including phenoxy) is 2. The molecule has 10 heteroatoms. The van der Waals surface area contributed by atoms with Crippen molar-refractivity contribution in [2.45, 2.75) is 51.9 Å². The number of carbonyl (C=O) groups is 1. The van der Waals surface area contributed by atoms with Gasteiger partial charge in [-0.25, -0.2) is 4.99 Å². The standard InChI is InChI=1S/C20H30F3N3O3.HI/c1-3-24-19(25-12-6-4-5-7-18(27)28-2)26-13-16-8-10-17(11-9-16)14-29-15-20(21,22)23;/h8-11H,3-7,12-15H2,1-2H3,(H2,24,25,26);1H. The number of guanidine groups is 1. The maximum absolute atomic E-state index is 12.1. The lowest BCUT2D eigenvalue weighted by molar-refractivity contribution is -0.176. The molecule has 0 fully saturated rings. The second-order valence-electron chi connectivity index (χ2n) is 6.43. The molecule has 172 valence electrons. The third-order valence-corrected chi connectivity index (χ3v) is 3.90. The van der Waals surface area contributed by atoms with Crippen LogP contribution >= 0.6 is 24.0 Å². The van der Waals surface area contributed by atoms with Gasteiger partial charge in [-0.15, -0.1) is 24.0 Å². The van der Waals surface area contributed by atoms with E-state index in [-0.39, 0.29) is 36.6 Å². The Morgan fingerprint density at radius 3 is 2.33 bits per heavy atom. The monoisotopic (exact) mass is 545 g/mol. The number of hydrogen-bond acceptors (Lipinski definition) is 4. The number of esters is 1. The Labute approximate surface area is 193 Å². The van der Waals surface area contributed by atoms with E-state index in [0.29, 0.717) is 24.5 Å². The number of methoxy groups -OCH3 is 1. The van der Waals surface area contributed by atoms with E-state index in [1.807, 2.05) is 19.1 Å². The van der Waals surface area contributed by atoms with Gasteiger partial charge in [0.25, 0.3) is 0 Å². The molecule has 2 N–H and O–H groups in total. The van der Waals surface area contributed by atoms with E-state index in [9.17, 15) is 18.0 Å². The van der Waals surface area contributed by atoms with Gasteiger partial charge in [-0.1, -0.05) is 30.7 Å². The van der Waals surface area contributed by atoms with Gasteiger partial charge in [0, 0.05) is 19.5 Å². The van der Waals surface area contributed by atoms with Crippen molar-refractivity contribution in [1.29, 1.82) is 0 Å². The Morgan fingerprint density at radius 1 is 1.07 bits per heavy atom. The van der Waals surface area contributed by atoms with E-state index in [0.717, 1.165) is 37.9 Å². The summed E-state index contributed by atoms with van der Waals surface area (Å²) in [5, 5.41) is 6.41. The molecular weight excluding hydrogens is 514 g/mol. The van der Waals surface area contributed by atoms with Crippen LogP contribution < -0.4 is 10.6 Å². The number of carbonyl (C=O) groups excluding carboxylic acids is 1. The number of benzene rings is 1. The van der Waals surface area contributed by atoms with Gasteiger partial charge in [0.1, 0.15) is 6.61 Å². The van der Waals surface area contributed by atoms with Crippen LogP contribution in [-0.4, -0.2) is 44.9 Å². The minimum Gasteiger partial charge on any atom is -0.469 e. The van der Waals surface area contributed by atoms with E-state index in [1.54, 1.807) is 12.1 Å². The second-order valence-corrected chi connectivity index (χ2v) is 6.43. The van der Waals surface area contributed by atoms with E-state index < -0.39 is 12.8 Å². The highest BCUT2D eigenvalue weighted by Crippen LogP contribution is 2.16. The summed E-state index contributed by atoms with van der Waals surface area (Å²) in [5.74, 6) is 0.504. The summed E-state index contributed by atoms with van der Waals surface area (Å²) in [7, 11) is 1.39. The van der Waals surface area contributed by atoms with Gasteiger partial charge in [-0.05, 0) is 30.9 Å². The third kappa shape index (κ3) is 14.4. The Hall–Kier alpha value is -1.56. The lowest BCUT2D eigenvalue weighted by Gasteiger charge is -2.11. The van der Waals surface area contributed by atoms with Crippen LogP contribution in [0.2, 0.25) is 0 Å². The molecule has 0 atom stereocenters. The van der Waals surface area contributed by atoms with Gasteiger partial charge in [-0.2, -0.15) is 13.2 Å². The first-order chi connectivity index (χ1) is 13.8. The van der Waals surface area contributed by atoms with Crippen LogP contribution in [0.4, 0.5) is 13.2 Å². The molecule has 0 heterocycles. The van der Waals surface area contributed by atoms with Crippen molar-refractivity contribution < 1.29 is 27.4 Å². The van der Waals surface area contributed by atoms with E-state index in [2.05, 4.69) is 25.1 Å². The first kappa shape index (κ1) is 28.4. The second kappa shape index (κ2) is 16.2. The smallest absolute Gasteiger partial charge is 0.411 e. The summed E-state index contributed by atoms with van der Waals surface area (Å²) in [5.41, 5.74) is 1.62. The molecule has 0 amide bonds. The molecule has 0 aliphatic heterocycles. The zero-order valence-electron chi connectivity index (χ0n) is 17.4. The van der Waals surface area contributed by atoms with Crippen molar-refractivity contribution in [3.63, 3.8) is 0 Å². The molecule has 0 bridgehead atoms. The minimum atomic E-state index is -4.31. The molecule has 30 heavy (non-hydrogen) atoms. The summed E-state index contributed by atoms with van der Waals surface area (Å²) in [6.45, 7) is 2.56. The quantitative estimate of drug-likeness (QED) is 0.136. The highest BCUT2D eigenvalue weighted by Gasteiger charge is 2.27. The van der Waals surface area contributed by atoms with Gasteiger partial charge in [-0.3, -0.25) is 4.79 Å². The fourth-order valence-corrected chi connectivity index (χ4v) is 2.42. The number of aliphatic imine (C=N–C) groups is 1. The molecule has 1 aromatic rings. The maximum Gasteiger partial charge on any atom is 0.411 e. The molecule has 0 spiro atoms. The maximum atomic E-state index is 12.1. The largest absolute Gasteiger partial charge is 0.469 e. The van der Waals surface area contributed by atoms with Gasteiger partial charge >= 0.3 is 12.1 Å². The fraction of sp³-hybridized carbons (Fsp3) is 0.600. The van der Waals surface area contributed by atoms with Gasteiger partial charge < -0.3 is 20.1 Å². The summed E-state index contributed by atoms with van der Waals surface area (Å²) in [6, 6.07) is 7.13. The number of alkyl halides is 3. The number of nitrogens with one attached hydrogen (secondary N) is 2. The van der Waals surface area contributed by atoms with Crippen LogP contribution in [0.25, 0.3) is 0 Å². The van der Waals surface area contributed by atoms with Crippen LogP contribution in [0.15, 0.2) is 29.3 Å². The summed E-state index contributed by atoms with van der Waals surface area (Å²) in [6.07, 6.45) is -1.26. The summed E-state index contributed by atoms with van der Waals surface area (Å²) < 4.78 is 45.5. The molecule has 0 aliphatic rings. The molecule has 6 nitrogen and oxygen atoms in total. The van der Waals surface area contributed by atoms with Crippen LogP contribution in [0.3, 0.4) is 0 Å². The highest BCUT2D eigenvalue weighted by atomic mass is 127.